The maximum Gasteiger partial charge on any atom is 0.286 e. The number of ether oxygens (including phenoxy) is 2. The fraction of sp³-hybridized carbons (Fsp3) is 0.440. The smallest absolute Gasteiger partial charge is 0.286 e. The van der Waals surface area contributed by atoms with Gasteiger partial charge in [-0.1, -0.05) is 19.4 Å². The van der Waals surface area contributed by atoms with Gasteiger partial charge in [0.2, 0.25) is 21.9 Å². The molecule has 0 saturated carbocycles. The van der Waals surface area contributed by atoms with Crippen LogP contribution < -0.4 is 24.7 Å². The number of piperidine rings is 1. The molecule has 39 heavy (non-hydrogen) atoms. The molecule has 0 unspecified atom stereocenters. The summed E-state index contributed by atoms with van der Waals surface area (Å²) in [5, 5.41) is 9.77. The maximum atomic E-state index is 13.8. The maximum absolute atomic E-state index is 13.8. The molecule has 3 aromatic rings. The Hall–Kier alpha value is -3.94. The van der Waals surface area contributed by atoms with Crippen LogP contribution in [0.15, 0.2) is 35.4 Å². The van der Waals surface area contributed by atoms with E-state index in [-0.39, 0.29) is 24.0 Å². The molecule has 1 aliphatic heterocycles. The lowest BCUT2D eigenvalue weighted by molar-refractivity contribution is 0.388. The standard InChI is InChI=1S/C25H31FN6O6S/c1-4-5-11-20-29-23(33)21(24(34)32(20)22-18(37-2)9-6-10-19(22)38-3)30-39(35,36)17-8-7-12-31(15-17)25-27-13-16(26)14-28-25/h6,9-10,13-14,17,30,33H,4-5,7-8,11-12,15H2,1-3H3/t17-/m1/s1. The summed E-state index contributed by atoms with van der Waals surface area (Å²) in [6.07, 6.45) is 4.61. The summed E-state index contributed by atoms with van der Waals surface area (Å²) in [6, 6.07) is 4.96. The van der Waals surface area contributed by atoms with E-state index in [0.717, 1.165) is 18.8 Å². The van der Waals surface area contributed by atoms with E-state index in [1.165, 1.54) is 18.8 Å². The molecule has 2 N–H and O–H groups in total. The van der Waals surface area contributed by atoms with Crippen LogP contribution in [0.2, 0.25) is 0 Å². The van der Waals surface area contributed by atoms with Crippen molar-refractivity contribution in [1.29, 1.82) is 0 Å². The Morgan fingerprint density at radius 1 is 1.18 bits per heavy atom. The van der Waals surface area contributed by atoms with E-state index in [2.05, 4.69) is 19.7 Å². The van der Waals surface area contributed by atoms with E-state index < -0.39 is 38.2 Å². The molecule has 2 aromatic heterocycles. The number of rotatable bonds is 10. The third kappa shape index (κ3) is 5.90. The van der Waals surface area contributed by atoms with E-state index in [4.69, 9.17) is 9.47 Å². The van der Waals surface area contributed by atoms with Gasteiger partial charge in [0.1, 0.15) is 23.0 Å². The van der Waals surface area contributed by atoms with Crippen molar-refractivity contribution in [2.24, 2.45) is 0 Å². The van der Waals surface area contributed by atoms with E-state index in [9.17, 15) is 22.7 Å². The summed E-state index contributed by atoms with van der Waals surface area (Å²) >= 11 is 0. The molecule has 12 nitrogen and oxygen atoms in total. The van der Waals surface area contributed by atoms with Crippen molar-refractivity contribution >= 4 is 21.7 Å². The lowest BCUT2D eigenvalue weighted by Crippen LogP contribution is -2.45. The fourth-order valence-corrected chi connectivity index (χ4v) is 5.98. The van der Waals surface area contributed by atoms with Gasteiger partial charge in [0.05, 0.1) is 31.9 Å². The normalized spacial score (nSPS) is 15.7. The molecule has 0 radical (unpaired) electrons. The number of unbranched alkanes of at least 4 members (excludes halogenated alkanes) is 1. The number of sulfonamides is 1. The quantitative estimate of drug-likeness (QED) is 0.378. The first-order valence-corrected chi connectivity index (χ1v) is 14.0. The second-order valence-electron chi connectivity index (χ2n) is 9.04. The van der Waals surface area contributed by atoms with Crippen LogP contribution in [0.25, 0.3) is 5.69 Å². The highest BCUT2D eigenvalue weighted by Crippen LogP contribution is 2.34. The first-order chi connectivity index (χ1) is 18.7. The number of hydrogen-bond donors (Lipinski definition) is 2. The Labute approximate surface area is 225 Å². The van der Waals surface area contributed by atoms with Crippen molar-refractivity contribution in [2.75, 3.05) is 36.9 Å². The Kier molecular flexibility index (Phi) is 8.53. The van der Waals surface area contributed by atoms with Gasteiger partial charge in [-0.05, 0) is 31.4 Å². The van der Waals surface area contributed by atoms with Crippen LogP contribution in [0.5, 0.6) is 17.4 Å². The number of para-hydroxylation sites is 1. The molecular formula is C25H31FN6O6S. The number of hydrogen-bond acceptors (Lipinski definition) is 10. The van der Waals surface area contributed by atoms with Gasteiger partial charge in [0, 0.05) is 19.5 Å². The molecule has 14 heteroatoms. The number of methoxy groups -OCH3 is 2. The van der Waals surface area contributed by atoms with Gasteiger partial charge in [0.15, 0.2) is 11.5 Å². The number of anilines is 2. The number of nitrogens with zero attached hydrogens (tertiary/aromatic N) is 5. The zero-order valence-electron chi connectivity index (χ0n) is 21.9. The summed E-state index contributed by atoms with van der Waals surface area (Å²) in [4.78, 5) is 27.6. The molecule has 0 amide bonds. The van der Waals surface area contributed by atoms with Gasteiger partial charge >= 0.3 is 0 Å². The highest BCUT2D eigenvalue weighted by molar-refractivity contribution is 7.93. The van der Waals surface area contributed by atoms with E-state index in [0.29, 0.717) is 43.7 Å². The summed E-state index contributed by atoms with van der Waals surface area (Å²) in [6.45, 7) is 2.47. The molecule has 1 aliphatic rings. The van der Waals surface area contributed by atoms with Crippen LogP contribution in [-0.2, 0) is 16.4 Å². The van der Waals surface area contributed by atoms with Crippen LogP contribution in [0.4, 0.5) is 16.0 Å². The molecular weight excluding hydrogens is 531 g/mol. The molecule has 0 spiro atoms. The zero-order valence-corrected chi connectivity index (χ0v) is 22.7. The van der Waals surface area contributed by atoms with E-state index >= 15 is 0 Å². The average molecular weight is 563 g/mol. The second kappa shape index (κ2) is 11.8. The van der Waals surface area contributed by atoms with Gasteiger partial charge in [0.25, 0.3) is 5.56 Å². The summed E-state index contributed by atoms with van der Waals surface area (Å²) in [5.41, 5.74) is -1.17. The topological polar surface area (TPSA) is 149 Å². The molecule has 3 heterocycles. The van der Waals surface area contributed by atoms with Crippen molar-refractivity contribution < 1.29 is 27.4 Å². The summed E-state index contributed by atoms with van der Waals surface area (Å²) in [5.74, 6) is -0.297. The first-order valence-electron chi connectivity index (χ1n) is 12.5. The second-order valence-corrected chi connectivity index (χ2v) is 11.0. The molecule has 210 valence electrons. The monoisotopic (exact) mass is 562 g/mol. The summed E-state index contributed by atoms with van der Waals surface area (Å²) in [7, 11) is -1.31. The zero-order chi connectivity index (χ0) is 28.2. The predicted octanol–water partition coefficient (Wildman–Crippen LogP) is 2.64. The van der Waals surface area contributed by atoms with Crippen molar-refractivity contribution in [1.82, 2.24) is 19.5 Å². The molecule has 0 aliphatic carbocycles. The first kappa shape index (κ1) is 28.1. The molecule has 4 rings (SSSR count). The number of benzene rings is 1. The van der Waals surface area contributed by atoms with Crippen LogP contribution in [-0.4, -0.2) is 65.6 Å². The third-order valence-electron chi connectivity index (χ3n) is 6.46. The van der Waals surface area contributed by atoms with Gasteiger partial charge in [-0.15, -0.1) is 0 Å². The van der Waals surface area contributed by atoms with Gasteiger partial charge in [-0.25, -0.2) is 22.8 Å². The molecule has 1 aromatic carbocycles. The fourth-order valence-electron chi connectivity index (χ4n) is 4.49. The van der Waals surface area contributed by atoms with Crippen LogP contribution in [0, 0.1) is 5.82 Å². The van der Waals surface area contributed by atoms with Crippen LogP contribution in [0.3, 0.4) is 0 Å². The van der Waals surface area contributed by atoms with E-state index in [1.54, 1.807) is 23.1 Å². The minimum atomic E-state index is -4.19. The number of halogens is 1. The molecule has 0 bridgehead atoms. The summed E-state index contributed by atoms with van der Waals surface area (Å²) < 4.78 is 54.6. The molecule has 1 atom stereocenters. The Morgan fingerprint density at radius 3 is 2.46 bits per heavy atom. The van der Waals surface area contributed by atoms with Gasteiger partial charge in [-0.3, -0.25) is 14.1 Å². The average Bonchev–Trinajstić information content (AvgIpc) is 2.94. The van der Waals surface area contributed by atoms with Gasteiger partial charge < -0.3 is 19.5 Å². The van der Waals surface area contributed by atoms with Crippen molar-refractivity contribution in [3.8, 4) is 23.1 Å². The minimum absolute atomic E-state index is 0.0122. The number of aromatic nitrogens is 4. The lowest BCUT2D eigenvalue weighted by atomic mass is 10.1. The van der Waals surface area contributed by atoms with E-state index in [1.807, 2.05) is 6.92 Å². The third-order valence-corrected chi connectivity index (χ3v) is 8.21. The Bertz CT molecular complexity index is 1460. The SMILES string of the molecule is CCCCc1nc(O)c(NS(=O)(=O)[C@@H]2CCCN(c3ncc(F)cn3)C2)c(=O)n1-c1c(OC)cccc1OC. The highest BCUT2D eigenvalue weighted by atomic mass is 32.2. The predicted molar refractivity (Wildman–Crippen MR) is 143 cm³/mol. The minimum Gasteiger partial charge on any atom is -0.494 e. The Morgan fingerprint density at radius 2 is 1.85 bits per heavy atom. The van der Waals surface area contributed by atoms with Crippen molar-refractivity contribution in [3.63, 3.8) is 0 Å². The van der Waals surface area contributed by atoms with Crippen molar-refractivity contribution in [3.05, 3.63) is 52.6 Å². The van der Waals surface area contributed by atoms with Crippen LogP contribution >= 0.6 is 0 Å². The number of aryl methyl sites for hydroxylation is 1. The van der Waals surface area contributed by atoms with Crippen molar-refractivity contribution in [2.45, 2.75) is 44.3 Å². The lowest BCUT2D eigenvalue weighted by Gasteiger charge is -2.32. The molecule has 1 fully saturated rings. The van der Waals surface area contributed by atoms with Gasteiger partial charge in [-0.2, -0.15) is 4.98 Å². The number of nitrogens with one attached hydrogen (secondary N) is 1. The highest BCUT2D eigenvalue weighted by Gasteiger charge is 2.34. The van der Waals surface area contributed by atoms with Crippen LogP contribution in [0.1, 0.15) is 38.4 Å². The molecule has 1 saturated heterocycles. The largest absolute Gasteiger partial charge is 0.494 e. The Balaban J connectivity index is 1.75. The number of aromatic hydroxyl groups is 1.